The maximum Gasteiger partial charge on any atom is 0.305 e. The Morgan fingerprint density at radius 1 is 1.12 bits per heavy atom. The van der Waals surface area contributed by atoms with Gasteiger partial charge in [0.05, 0.1) is 7.11 Å². The molecule has 0 unspecified atom stereocenters. The summed E-state index contributed by atoms with van der Waals surface area (Å²) in [7, 11) is 1.44. The van der Waals surface area contributed by atoms with E-state index < -0.39 is 0 Å². The number of carbonyl (C=O) groups is 1. The van der Waals surface area contributed by atoms with E-state index in [2.05, 4.69) is 27.3 Å². The molecule has 0 aromatic heterocycles. The Balaban J connectivity index is 0.00000529. The number of aliphatic imine (C=N–C) groups is 1. The number of unbranched alkanes of at least 4 members (excludes halogenated alkanes) is 2. The van der Waals surface area contributed by atoms with Crippen LogP contribution in [0.4, 0.5) is 0 Å². The fraction of sp³-hybridized carbons (Fsp3) is 0.889. The number of hydrogen-bond acceptors (Lipinski definition) is 3. The van der Waals surface area contributed by atoms with Crippen molar-refractivity contribution in [3.8, 4) is 0 Å². The molecule has 0 bridgehead atoms. The molecule has 0 heterocycles. The van der Waals surface area contributed by atoms with Gasteiger partial charge in [-0.15, -0.1) is 24.0 Å². The highest BCUT2D eigenvalue weighted by Crippen LogP contribution is 2.28. The van der Waals surface area contributed by atoms with Crippen LogP contribution < -0.4 is 10.6 Å². The summed E-state index contributed by atoms with van der Waals surface area (Å²) < 4.78 is 4.63. The van der Waals surface area contributed by atoms with Crippen molar-refractivity contribution >= 4 is 35.9 Å². The SMILES string of the molecule is CCNC(=NCCCC1CCCC1)NCCCCCC(=O)OC.I. The van der Waals surface area contributed by atoms with Crippen LogP contribution in [0, 0.1) is 5.92 Å². The average Bonchev–Trinajstić information content (AvgIpc) is 3.07. The number of esters is 1. The molecule has 0 spiro atoms. The van der Waals surface area contributed by atoms with Crippen molar-refractivity contribution in [2.24, 2.45) is 10.9 Å². The fourth-order valence-electron chi connectivity index (χ4n) is 3.09. The maximum atomic E-state index is 11.0. The molecule has 6 heteroatoms. The predicted octanol–water partition coefficient (Wildman–Crippen LogP) is 3.86. The zero-order valence-electron chi connectivity index (χ0n) is 15.4. The second-order valence-electron chi connectivity index (χ2n) is 6.37. The van der Waals surface area contributed by atoms with E-state index >= 15 is 0 Å². The highest BCUT2D eigenvalue weighted by atomic mass is 127. The third-order valence-electron chi connectivity index (χ3n) is 4.44. The van der Waals surface area contributed by atoms with E-state index in [1.807, 2.05) is 0 Å². The van der Waals surface area contributed by atoms with Crippen molar-refractivity contribution in [2.45, 2.75) is 71.1 Å². The lowest BCUT2D eigenvalue weighted by Crippen LogP contribution is -2.37. The lowest BCUT2D eigenvalue weighted by Gasteiger charge is -2.12. The van der Waals surface area contributed by atoms with Crippen molar-refractivity contribution in [3.63, 3.8) is 0 Å². The number of halogens is 1. The number of methoxy groups -OCH3 is 1. The summed E-state index contributed by atoms with van der Waals surface area (Å²) in [5, 5.41) is 6.67. The minimum Gasteiger partial charge on any atom is -0.469 e. The van der Waals surface area contributed by atoms with Crippen molar-refractivity contribution in [1.29, 1.82) is 0 Å². The number of guanidine groups is 1. The first kappa shape index (κ1) is 23.5. The van der Waals surface area contributed by atoms with Gasteiger partial charge in [0.15, 0.2) is 5.96 Å². The highest BCUT2D eigenvalue weighted by molar-refractivity contribution is 14.0. The van der Waals surface area contributed by atoms with Crippen LogP contribution in [0.25, 0.3) is 0 Å². The third kappa shape index (κ3) is 11.9. The summed E-state index contributed by atoms with van der Waals surface area (Å²) in [5.41, 5.74) is 0. The van der Waals surface area contributed by atoms with E-state index in [9.17, 15) is 4.79 Å². The Kier molecular flexibility index (Phi) is 15.6. The Bertz CT molecular complexity index is 345. The van der Waals surface area contributed by atoms with Gasteiger partial charge in [0.1, 0.15) is 0 Å². The van der Waals surface area contributed by atoms with E-state index in [0.717, 1.165) is 50.8 Å². The second-order valence-corrected chi connectivity index (χ2v) is 6.37. The summed E-state index contributed by atoms with van der Waals surface area (Å²) in [6, 6.07) is 0. The highest BCUT2D eigenvalue weighted by Gasteiger charge is 2.13. The Labute approximate surface area is 164 Å². The van der Waals surface area contributed by atoms with Crippen LogP contribution in [0.2, 0.25) is 0 Å². The number of ether oxygens (including phenoxy) is 1. The Morgan fingerprint density at radius 3 is 2.54 bits per heavy atom. The van der Waals surface area contributed by atoms with Crippen LogP contribution >= 0.6 is 24.0 Å². The first-order chi connectivity index (χ1) is 11.3. The van der Waals surface area contributed by atoms with Crippen molar-refractivity contribution in [1.82, 2.24) is 10.6 Å². The zero-order chi connectivity index (χ0) is 16.8. The summed E-state index contributed by atoms with van der Waals surface area (Å²) >= 11 is 0. The molecule has 0 amide bonds. The Morgan fingerprint density at radius 2 is 1.88 bits per heavy atom. The standard InChI is InChI=1S/C18H35N3O2.HI/c1-3-19-18(20-14-8-4-5-13-17(22)23-2)21-15-9-12-16-10-6-7-11-16;/h16H,3-15H2,1-2H3,(H2,19,20,21);1H. The molecule has 1 aliphatic carbocycles. The van der Waals surface area contributed by atoms with Crippen molar-refractivity contribution < 1.29 is 9.53 Å². The number of rotatable bonds is 11. The molecular weight excluding hydrogens is 417 g/mol. The van der Waals surface area contributed by atoms with Gasteiger partial charge in [-0.3, -0.25) is 9.79 Å². The van der Waals surface area contributed by atoms with E-state index in [4.69, 9.17) is 0 Å². The topological polar surface area (TPSA) is 62.7 Å². The van der Waals surface area contributed by atoms with E-state index in [1.54, 1.807) is 0 Å². The molecule has 0 aromatic carbocycles. The smallest absolute Gasteiger partial charge is 0.305 e. The predicted molar refractivity (Wildman–Crippen MR) is 111 cm³/mol. The lowest BCUT2D eigenvalue weighted by molar-refractivity contribution is -0.140. The lowest BCUT2D eigenvalue weighted by atomic mass is 10.0. The van der Waals surface area contributed by atoms with E-state index in [0.29, 0.717) is 6.42 Å². The van der Waals surface area contributed by atoms with E-state index in [-0.39, 0.29) is 29.9 Å². The van der Waals surface area contributed by atoms with Crippen LogP contribution in [-0.4, -0.2) is 38.7 Å². The summed E-state index contributed by atoms with van der Waals surface area (Å²) in [6.07, 6.45) is 11.7. The van der Waals surface area contributed by atoms with Crippen LogP contribution in [0.1, 0.15) is 71.1 Å². The maximum absolute atomic E-state index is 11.0. The molecule has 2 N–H and O–H groups in total. The molecule has 1 aliphatic rings. The summed E-state index contributed by atoms with van der Waals surface area (Å²) in [5.74, 6) is 1.76. The van der Waals surface area contributed by atoms with Crippen LogP contribution in [0.15, 0.2) is 4.99 Å². The Hall–Kier alpha value is -0.530. The first-order valence-electron chi connectivity index (χ1n) is 9.35. The van der Waals surface area contributed by atoms with Gasteiger partial charge in [0.2, 0.25) is 0 Å². The van der Waals surface area contributed by atoms with Gasteiger partial charge in [0.25, 0.3) is 0 Å². The molecule has 0 aromatic rings. The second kappa shape index (κ2) is 16.0. The third-order valence-corrected chi connectivity index (χ3v) is 4.44. The first-order valence-corrected chi connectivity index (χ1v) is 9.35. The van der Waals surface area contributed by atoms with Gasteiger partial charge >= 0.3 is 5.97 Å². The van der Waals surface area contributed by atoms with Crippen molar-refractivity contribution in [3.05, 3.63) is 0 Å². The van der Waals surface area contributed by atoms with Gasteiger partial charge in [-0.1, -0.05) is 32.1 Å². The monoisotopic (exact) mass is 453 g/mol. The van der Waals surface area contributed by atoms with Crippen LogP contribution in [0.3, 0.4) is 0 Å². The van der Waals surface area contributed by atoms with Gasteiger partial charge in [-0.05, 0) is 38.5 Å². The number of nitrogens with zero attached hydrogens (tertiary/aromatic N) is 1. The van der Waals surface area contributed by atoms with Gasteiger partial charge in [0, 0.05) is 26.1 Å². The molecule has 24 heavy (non-hydrogen) atoms. The zero-order valence-corrected chi connectivity index (χ0v) is 17.8. The summed E-state index contributed by atoms with van der Waals surface area (Å²) in [6.45, 7) is 4.78. The molecule has 142 valence electrons. The molecule has 1 rings (SSSR count). The molecule has 1 fully saturated rings. The molecule has 0 radical (unpaired) electrons. The average molecular weight is 453 g/mol. The number of carbonyl (C=O) groups excluding carboxylic acids is 1. The largest absolute Gasteiger partial charge is 0.469 e. The van der Waals surface area contributed by atoms with Gasteiger partial charge in [-0.2, -0.15) is 0 Å². The molecule has 0 aliphatic heterocycles. The molecule has 0 atom stereocenters. The van der Waals surface area contributed by atoms with Crippen molar-refractivity contribution in [2.75, 3.05) is 26.7 Å². The normalized spacial score (nSPS) is 15.0. The van der Waals surface area contributed by atoms with Crippen LogP contribution in [0.5, 0.6) is 0 Å². The molecule has 1 saturated carbocycles. The minimum atomic E-state index is -0.116. The number of hydrogen-bond donors (Lipinski definition) is 2. The van der Waals surface area contributed by atoms with Gasteiger partial charge in [-0.25, -0.2) is 0 Å². The molecular formula is C18H36IN3O2. The number of nitrogens with one attached hydrogen (secondary N) is 2. The fourth-order valence-corrected chi connectivity index (χ4v) is 3.09. The molecule has 0 saturated heterocycles. The molecule has 5 nitrogen and oxygen atoms in total. The van der Waals surface area contributed by atoms with Gasteiger partial charge < -0.3 is 15.4 Å². The minimum absolute atomic E-state index is 0. The summed E-state index contributed by atoms with van der Waals surface area (Å²) in [4.78, 5) is 15.7. The van der Waals surface area contributed by atoms with E-state index in [1.165, 1.54) is 45.6 Å². The van der Waals surface area contributed by atoms with Crippen LogP contribution in [-0.2, 0) is 9.53 Å². The quantitative estimate of drug-likeness (QED) is 0.164.